The number of likely N-dealkylation sites (tertiary alicyclic amines) is 2. The highest BCUT2D eigenvalue weighted by atomic mass is 32.2. The second-order valence-electron chi connectivity index (χ2n) is 17.4. The van der Waals surface area contributed by atoms with Gasteiger partial charge in [0.15, 0.2) is 0 Å². The predicted molar refractivity (Wildman–Crippen MR) is 248 cm³/mol. The molecule has 3 fully saturated rings. The van der Waals surface area contributed by atoms with E-state index in [-0.39, 0.29) is 98.0 Å². The Balaban J connectivity index is 1.01. The smallest absolute Gasteiger partial charge is 0.410 e. The lowest BCUT2D eigenvalue weighted by Crippen LogP contribution is -2.63. The van der Waals surface area contributed by atoms with Gasteiger partial charge in [-0.05, 0) is 79.3 Å². The Morgan fingerprint density at radius 2 is 1.36 bits per heavy atom. The zero-order valence-corrected chi connectivity index (χ0v) is 38.8. The number of β-lactam (4-membered cyclic amide) rings is 1. The van der Waals surface area contributed by atoms with Crippen LogP contribution in [0.15, 0.2) is 88.4 Å². The van der Waals surface area contributed by atoms with E-state index >= 15 is 0 Å². The predicted octanol–water partition coefficient (Wildman–Crippen LogP) is 4.91. The summed E-state index contributed by atoms with van der Waals surface area (Å²) in [4.78, 5) is 108. The van der Waals surface area contributed by atoms with Gasteiger partial charge < -0.3 is 39.8 Å². The Morgan fingerprint density at radius 1 is 0.829 bits per heavy atom. The van der Waals surface area contributed by atoms with E-state index in [1.54, 1.807) is 4.90 Å². The van der Waals surface area contributed by atoms with Gasteiger partial charge >= 0.3 is 18.0 Å². The minimum Gasteiger partial charge on any atom is -0.460 e. The molecule has 3 aromatic rings. The largest absolute Gasteiger partial charge is 0.460 e. The van der Waals surface area contributed by atoms with Crippen LogP contribution in [0.25, 0.3) is 0 Å². The van der Waals surface area contributed by atoms with Crippen molar-refractivity contribution in [3.63, 3.8) is 0 Å². The van der Waals surface area contributed by atoms with Crippen LogP contribution < -0.4 is 5.73 Å². The summed E-state index contributed by atoms with van der Waals surface area (Å²) < 4.78 is 16.6. The Morgan fingerprint density at radius 3 is 1.89 bits per heavy atom. The number of aliphatic imine (C=N–C) groups is 1. The van der Waals surface area contributed by atoms with E-state index in [1.165, 1.54) is 101 Å². The molecule has 1 unspecified atom stereocenters. The number of aliphatic hydroxyl groups excluding tert-OH is 1. The molecule has 0 radical (unpaired) electrons. The molecule has 7 rings (SSSR count). The van der Waals surface area contributed by atoms with Crippen molar-refractivity contribution >= 4 is 64.5 Å². The summed E-state index contributed by atoms with van der Waals surface area (Å²) >= 11 is 1.30. The number of non-ortho nitro benzene ring substituents is 3. The monoisotopic (exact) mass is 986 g/mol. The summed E-state index contributed by atoms with van der Waals surface area (Å²) in [6.07, 6.45) is -0.898. The molecular weight excluding hydrogens is 937 g/mol. The molecule has 4 aliphatic rings. The van der Waals surface area contributed by atoms with Crippen LogP contribution in [0, 0.1) is 42.2 Å². The van der Waals surface area contributed by atoms with Crippen molar-refractivity contribution in [3.05, 3.63) is 130 Å². The minimum absolute atomic E-state index is 0.0169. The second-order valence-corrected chi connectivity index (χ2v) is 18.8. The van der Waals surface area contributed by atoms with Crippen molar-refractivity contribution in [2.45, 2.75) is 95.3 Å². The van der Waals surface area contributed by atoms with Crippen LogP contribution in [0.3, 0.4) is 0 Å². The zero-order chi connectivity index (χ0) is 50.4. The molecule has 3 amide bonds. The lowest BCUT2D eigenvalue weighted by molar-refractivity contribution is -0.385. The maximum Gasteiger partial charge on any atom is 0.410 e. The third-order valence-corrected chi connectivity index (χ3v) is 14.2. The number of amides is 3. The Kier molecular flexibility index (Phi) is 15.7. The molecular formula is C46H50N8O15S. The molecule has 23 nitrogen and oxygen atoms in total. The number of esters is 2. The van der Waals surface area contributed by atoms with Crippen LogP contribution in [0.2, 0.25) is 0 Å². The summed E-state index contributed by atoms with van der Waals surface area (Å²) in [5, 5.41) is 43.4. The number of rotatable bonds is 19. The van der Waals surface area contributed by atoms with Crippen molar-refractivity contribution in [1.29, 1.82) is 0 Å². The Hall–Kier alpha value is -7.47. The molecule has 24 heteroatoms. The standard InChI is InChI=1S/C46H50N8O15S/c1-26-41-40(27(2)55)44(58)51(41)42(45(59)68-24-29-5-11-33(12-6-29)53(63)64)43(26)70-36-19-35(50(22-36)46(60)69-25-30-7-13-34(14-8-30)54(65)66)15-16-38(56)49-18-17-31(21-49)48-37(47)20-39(57)67-23-28-3-9-32(10-4-28)52(61)62/h3-14,26-27,31,35-36,40-41,55H,15-25H2,1-2H3,(H2,47,48)/t26-,27-,31+,35+,36?,40-,41-/m1/s1. The molecule has 0 spiro atoms. The number of hydrogen-bond donors (Lipinski definition) is 2. The quantitative estimate of drug-likeness (QED) is 0.0307. The van der Waals surface area contributed by atoms with Crippen molar-refractivity contribution in [3.8, 4) is 0 Å². The highest BCUT2D eigenvalue weighted by Crippen LogP contribution is 2.52. The average molecular weight is 987 g/mol. The van der Waals surface area contributed by atoms with Crippen molar-refractivity contribution in [2.24, 2.45) is 22.6 Å². The number of thioether (sulfide) groups is 1. The molecule has 0 bridgehead atoms. The number of hydrogen-bond acceptors (Lipinski definition) is 17. The minimum atomic E-state index is -1.01. The molecule has 3 aromatic carbocycles. The topological polar surface area (TPSA) is 311 Å². The molecule has 4 aliphatic heterocycles. The van der Waals surface area contributed by atoms with Gasteiger partial charge in [-0.25, -0.2) is 9.59 Å². The van der Waals surface area contributed by atoms with Crippen LogP contribution in [0.5, 0.6) is 0 Å². The number of carbonyl (C=O) groups is 5. The lowest BCUT2D eigenvalue weighted by atomic mass is 9.79. The molecule has 4 heterocycles. The molecule has 0 aromatic heterocycles. The first kappa shape index (κ1) is 50.4. The van der Waals surface area contributed by atoms with Crippen molar-refractivity contribution in [1.82, 2.24) is 14.7 Å². The first-order valence-electron chi connectivity index (χ1n) is 22.4. The van der Waals surface area contributed by atoms with E-state index in [4.69, 9.17) is 19.9 Å². The van der Waals surface area contributed by atoms with E-state index in [2.05, 4.69) is 4.99 Å². The highest BCUT2D eigenvalue weighted by Gasteiger charge is 2.60. The Bertz CT molecular complexity index is 2590. The van der Waals surface area contributed by atoms with Crippen LogP contribution in [-0.4, -0.2) is 119 Å². The van der Waals surface area contributed by atoms with Crippen LogP contribution in [-0.2, 0) is 53.2 Å². The maximum absolute atomic E-state index is 13.9. The number of amidine groups is 1. The number of nitro groups is 3. The fourth-order valence-corrected chi connectivity index (χ4v) is 10.6. The molecule has 0 saturated carbocycles. The van der Waals surface area contributed by atoms with Gasteiger partial charge in [0.25, 0.3) is 17.1 Å². The fourth-order valence-electron chi connectivity index (χ4n) is 9.06. The number of aliphatic hydroxyl groups is 1. The summed E-state index contributed by atoms with van der Waals surface area (Å²) in [6.45, 7) is 3.53. The molecule has 3 saturated heterocycles. The van der Waals surface area contributed by atoms with E-state index in [1.807, 2.05) is 6.92 Å². The maximum atomic E-state index is 13.9. The summed E-state index contributed by atoms with van der Waals surface area (Å²) in [7, 11) is 0. The van der Waals surface area contributed by atoms with Gasteiger partial charge in [0.2, 0.25) is 11.8 Å². The number of nitrogens with zero attached hydrogens (tertiary/aromatic N) is 7. The normalized spacial score (nSPS) is 22.3. The molecule has 7 atom stereocenters. The van der Waals surface area contributed by atoms with Crippen LogP contribution >= 0.6 is 11.8 Å². The number of ether oxygens (including phenoxy) is 3. The SMILES string of the molecule is C[C@@H](O)[C@H]1C(=O)N2C(C(=O)OCc3ccc([N+](=O)[O-])cc3)=C(SC3C[C@H](CCC(=O)N4CC[C@H](N=C(N)CC(=O)OCc5ccc([N+](=O)[O-])cc5)C4)N(C(=O)OCc4ccc([N+](=O)[O-])cc4)C3)[C@H](C)[C@H]12. The fraction of sp³-hybridized carbons (Fsp3) is 0.435. The first-order valence-corrected chi connectivity index (χ1v) is 23.2. The second kappa shape index (κ2) is 21.9. The van der Waals surface area contributed by atoms with Gasteiger partial charge in [0.1, 0.15) is 37.8 Å². The van der Waals surface area contributed by atoms with E-state index in [0.29, 0.717) is 41.0 Å². The van der Waals surface area contributed by atoms with Gasteiger partial charge in [-0.1, -0.05) is 6.92 Å². The van der Waals surface area contributed by atoms with Gasteiger partial charge in [-0.15, -0.1) is 11.8 Å². The Labute approximate surface area is 404 Å². The van der Waals surface area contributed by atoms with E-state index < -0.39 is 68.7 Å². The van der Waals surface area contributed by atoms with Crippen LogP contribution in [0.4, 0.5) is 21.9 Å². The molecule has 0 aliphatic carbocycles. The molecule has 3 N–H and O–H groups in total. The van der Waals surface area contributed by atoms with Crippen molar-refractivity contribution < 1.29 is 58.1 Å². The van der Waals surface area contributed by atoms with E-state index in [0.717, 1.165) is 0 Å². The van der Waals surface area contributed by atoms with Gasteiger partial charge in [-0.2, -0.15) is 0 Å². The van der Waals surface area contributed by atoms with Gasteiger partial charge in [0.05, 0.1) is 38.9 Å². The number of nitrogens with two attached hydrogens (primary N) is 1. The van der Waals surface area contributed by atoms with Gasteiger partial charge in [0, 0.05) is 84.6 Å². The zero-order valence-electron chi connectivity index (χ0n) is 38.0. The summed E-state index contributed by atoms with van der Waals surface area (Å²) in [5.41, 5.74) is 7.26. The van der Waals surface area contributed by atoms with Crippen LogP contribution in [0.1, 0.15) is 62.6 Å². The number of nitro benzene ring substituents is 3. The first-order chi connectivity index (χ1) is 33.4. The average Bonchev–Trinajstić information content (AvgIpc) is 4.03. The van der Waals surface area contributed by atoms with Gasteiger partial charge in [-0.3, -0.25) is 49.7 Å². The third-order valence-electron chi connectivity index (χ3n) is 12.7. The highest BCUT2D eigenvalue weighted by molar-refractivity contribution is 8.03. The van der Waals surface area contributed by atoms with E-state index in [9.17, 15) is 59.4 Å². The third kappa shape index (κ3) is 11.7. The number of fused-ring (bicyclic) bond motifs is 1. The lowest BCUT2D eigenvalue weighted by Gasteiger charge is -2.46. The summed E-state index contributed by atoms with van der Waals surface area (Å²) in [5.74, 6) is -3.27. The molecule has 370 valence electrons. The summed E-state index contributed by atoms with van der Waals surface area (Å²) in [6, 6.07) is 15.1. The number of carbonyl (C=O) groups excluding carboxylic acids is 5. The molecule has 70 heavy (non-hydrogen) atoms. The number of benzene rings is 3. The van der Waals surface area contributed by atoms with Crippen molar-refractivity contribution in [2.75, 3.05) is 19.6 Å².